The van der Waals surface area contributed by atoms with Crippen molar-refractivity contribution in [1.29, 1.82) is 0 Å². The molecular weight excluding hydrogens is 487 g/mol. The number of benzene rings is 3. The van der Waals surface area contributed by atoms with E-state index >= 15 is 0 Å². The zero-order valence-electron chi connectivity index (χ0n) is 19.2. The minimum Gasteiger partial charge on any atom is -0.296 e. The zero-order chi connectivity index (χ0) is 23.9. The molecule has 0 spiro atoms. The van der Waals surface area contributed by atoms with Gasteiger partial charge >= 0.3 is 0 Å². The lowest BCUT2D eigenvalue weighted by atomic mass is 9.93. The smallest absolute Gasteiger partial charge is 0.265 e. The zero-order valence-corrected chi connectivity index (χ0v) is 21.5. The van der Waals surface area contributed by atoms with Gasteiger partial charge in [-0.05, 0) is 85.2 Å². The van der Waals surface area contributed by atoms with E-state index in [1.807, 2.05) is 31.2 Å². The van der Waals surface area contributed by atoms with Crippen LogP contribution in [0.1, 0.15) is 41.1 Å². The highest BCUT2D eigenvalue weighted by Gasteiger charge is 2.33. The third-order valence-corrected chi connectivity index (χ3v) is 9.52. The summed E-state index contributed by atoms with van der Waals surface area (Å²) in [6.45, 7) is 4.19. The molecule has 4 nitrogen and oxygen atoms in total. The molecule has 34 heavy (non-hydrogen) atoms. The van der Waals surface area contributed by atoms with Crippen molar-refractivity contribution < 1.29 is 8.42 Å². The lowest BCUT2D eigenvalue weighted by Gasteiger charge is -2.35. The van der Waals surface area contributed by atoms with Crippen molar-refractivity contribution >= 4 is 38.9 Å². The molecule has 0 amide bonds. The molecular formula is C27H28Cl2N2O2S. The third-order valence-electron chi connectivity index (χ3n) is 6.97. The van der Waals surface area contributed by atoms with Crippen molar-refractivity contribution in [1.82, 2.24) is 4.90 Å². The quantitative estimate of drug-likeness (QED) is 0.364. The van der Waals surface area contributed by atoms with Gasteiger partial charge in [0.05, 0.1) is 10.7 Å². The molecule has 7 heteroatoms. The van der Waals surface area contributed by atoms with Crippen molar-refractivity contribution in [3.05, 3.63) is 93.0 Å². The summed E-state index contributed by atoms with van der Waals surface area (Å²) in [5.41, 5.74) is 6.12. The first-order valence-corrected chi connectivity index (χ1v) is 13.9. The SMILES string of the molecule is Cc1cccc(N(CCCN2CCc3cccc4c3C2CC4)S(=O)(=O)c2cc(Cl)ccc2Cl)c1. The van der Waals surface area contributed by atoms with Crippen LogP contribution in [-0.4, -0.2) is 33.0 Å². The summed E-state index contributed by atoms with van der Waals surface area (Å²) in [5, 5.41) is 0.518. The molecule has 0 N–H and O–H groups in total. The first kappa shape index (κ1) is 23.7. The molecule has 1 atom stereocenters. The number of rotatable bonds is 7. The van der Waals surface area contributed by atoms with Crippen LogP contribution in [0.15, 0.2) is 65.6 Å². The average molecular weight is 516 g/mol. The predicted octanol–water partition coefficient (Wildman–Crippen LogP) is 6.43. The summed E-state index contributed by atoms with van der Waals surface area (Å²) >= 11 is 12.5. The van der Waals surface area contributed by atoms with E-state index in [0.717, 1.165) is 44.3 Å². The van der Waals surface area contributed by atoms with Gasteiger partial charge in [-0.1, -0.05) is 53.5 Å². The Kier molecular flexibility index (Phi) is 6.64. The van der Waals surface area contributed by atoms with Crippen LogP contribution in [0.4, 0.5) is 5.69 Å². The lowest BCUT2D eigenvalue weighted by Crippen LogP contribution is -2.38. The molecule has 0 aromatic heterocycles. The van der Waals surface area contributed by atoms with Crippen LogP contribution in [-0.2, 0) is 22.9 Å². The van der Waals surface area contributed by atoms with Gasteiger partial charge in [-0.25, -0.2) is 8.42 Å². The fourth-order valence-electron chi connectivity index (χ4n) is 5.40. The number of anilines is 1. The Morgan fingerprint density at radius 3 is 2.56 bits per heavy atom. The summed E-state index contributed by atoms with van der Waals surface area (Å²) in [6.07, 6.45) is 4.04. The van der Waals surface area contributed by atoms with Gasteiger partial charge in [0, 0.05) is 30.7 Å². The second-order valence-electron chi connectivity index (χ2n) is 9.17. The third kappa shape index (κ3) is 4.47. The summed E-state index contributed by atoms with van der Waals surface area (Å²) < 4.78 is 29.0. The average Bonchev–Trinajstić information content (AvgIpc) is 3.25. The normalized spacial score (nSPS) is 17.6. The van der Waals surface area contributed by atoms with Crippen molar-refractivity contribution in [2.24, 2.45) is 0 Å². The maximum absolute atomic E-state index is 13.8. The van der Waals surface area contributed by atoms with Gasteiger partial charge in [0.25, 0.3) is 10.0 Å². The van der Waals surface area contributed by atoms with Crippen LogP contribution in [0.25, 0.3) is 0 Å². The first-order chi connectivity index (χ1) is 16.3. The largest absolute Gasteiger partial charge is 0.296 e. The van der Waals surface area contributed by atoms with Crippen LogP contribution < -0.4 is 4.31 Å². The van der Waals surface area contributed by atoms with E-state index in [2.05, 4.69) is 23.1 Å². The number of nitrogens with zero attached hydrogens (tertiary/aromatic N) is 2. The van der Waals surface area contributed by atoms with Gasteiger partial charge in [-0.3, -0.25) is 9.21 Å². The van der Waals surface area contributed by atoms with Crippen LogP contribution in [0.3, 0.4) is 0 Å². The molecule has 0 bridgehead atoms. The Hall–Kier alpha value is -2.05. The predicted molar refractivity (Wildman–Crippen MR) is 140 cm³/mol. The monoisotopic (exact) mass is 514 g/mol. The van der Waals surface area contributed by atoms with Gasteiger partial charge in [-0.15, -0.1) is 0 Å². The summed E-state index contributed by atoms with van der Waals surface area (Å²) in [4.78, 5) is 2.57. The maximum Gasteiger partial charge on any atom is 0.265 e. The van der Waals surface area contributed by atoms with E-state index in [-0.39, 0.29) is 9.92 Å². The van der Waals surface area contributed by atoms with Crippen LogP contribution >= 0.6 is 23.2 Å². The first-order valence-electron chi connectivity index (χ1n) is 11.7. The molecule has 3 aromatic rings. The molecule has 2 aliphatic rings. The fourth-order valence-corrected chi connectivity index (χ4v) is 7.64. The molecule has 0 fully saturated rings. The van der Waals surface area contributed by atoms with Crippen LogP contribution in [0, 0.1) is 6.92 Å². The van der Waals surface area contributed by atoms with E-state index in [1.165, 1.54) is 33.1 Å². The Bertz CT molecular complexity index is 1330. The summed E-state index contributed by atoms with van der Waals surface area (Å²) in [7, 11) is -3.89. The van der Waals surface area contributed by atoms with E-state index in [1.54, 1.807) is 6.07 Å². The van der Waals surface area contributed by atoms with Gasteiger partial charge in [0.15, 0.2) is 0 Å². The Morgan fingerprint density at radius 2 is 1.76 bits per heavy atom. The van der Waals surface area contributed by atoms with Crippen molar-refractivity contribution in [2.45, 2.75) is 43.5 Å². The van der Waals surface area contributed by atoms with Crippen molar-refractivity contribution in [2.75, 3.05) is 23.9 Å². The fraction of sp³-hybridized carbons (Fsp3) is 0.333. The molecule has 0 saturated heterocycles. The van der Waals surface area contributed by atoms with E-state index in [4.69, 9.17) is 23.2 Å². The van der Waals surface area contributed by atoms with Gasteiger partial charge in [-0.2, -0.15) is 0 Å². The number of hydrogen-bond donors (Lipinski definition) is 0. The second-order valence-corrected chi connectivity index (χ2v) is 11.8. The Morgan fingerprint density at radius 1 is 1.00 bits per heavy atom. The van der Waals surface area contributed by atoms with Crippen molar-refractivity contribution in [3.63, 3.8) is 0 Å². The van der Waals surface area contributed by atoms with Gasteiger partial charge in [0.2, 0.25) is 0 Å². The standard InChI is InChI=1S/C27H28Cl2N2O2S/c1-19-5-2-8-23(17-19)31(34(32,33)26-18-22(28)10-11-24(26)29)15-4-14-30-16-13-21-7-3-6-20-9-12-25(30)27(20)21/h2-3,5-8,10-11,17-18,25H,4,9,12-16H2,1H3. The van der Waals surface area contributed by atoms with Gasteiger partial charge < -0.3 is 0 Å². The molecule has 0 saturated carbocycles. The molecule has 1 aliphatic carbocycles. The lowest BCUT2D eigenvalue weighted by molar-refractivity contribution is 0.185. The molecule has 1 unspecified atom stereocenters. The maximum atomic E-state index is 13.8. The van der Waals surface area contributed by atoms with Crippen LogP contribution in [0.5, 0.6) is 0 Å². The van der Waals surface area contributed by atoms with Crippen LogP contribution in [0.2, 0.25) is 10.0 Å². The van der Waals surface area contributed by atoms with E-state index in [0.29, 0.717) is 23.3 Å². The highest BCUT2D eigenvalue weighted by Crippen LogP contribution is 2.41. The Labute approximate surface area is 212 Å². The molecule has 1 aliphatic heterocycles. The number of hydrogen-bond acceptors (Lipinski definition) is 3. The number of aryl methyl sites for hydroxylation is 2. The van der Waals surface area contributed by atoms with Crippen molar-refractivity contribution in [3.8, 4) is 0 Å². The summed E-state index contributed by atoms with van der Waals surface area (Å²) in [5.74, 6) is 0. The minimum atomic E-state index is -3.89. The Balaban J connectivity index is 1.39. The molecule has 0 radical (unpaired) electrons. The topological polar surface area (TPSA) is 40.6 Å². The molecule has 178 valence electrons. The molecule has 3 aromatic carbocycles. The minimum absolute atomic E-state index is 0.0375. The van der Waals surface area contributed by atoms with E-state index in [9.17, 15) is 8.42 Å². The number of halogens is 2. The highest BCUT2D eigenvalue weighted by atomic mass is 35.5. The molecule has 5 rings (SSSR count). The summed E-state index contributed by atoms with van der Waals surface area (Å²) in [6, 6.07) is 19.3. The highest BCUT2D eigenvalue weighted by molar-refractivity contribution is 7.93. The second kappa shape index (κ2) is 9.54. The van der Waals surface area contributed by atoms with E-state index < -0.39 is 10.0 Å². The number of sulfonamides is 1. The molecule has 1 heterocycles. The van der Waals surface area contributed by atoms with Gasteiger partial charge in [0.1, 0.15) is 4.90 Å².